The third-order valence-electron chi connectivity index (χ3n) is 5.19. The maximum Gasteiger partial charge on any atom is 0.0718 e. The number of piperazine rings is 1. The molecule has 3 heteroatoms. The summed E-state index contributed by atoms with van der Waals surface area (Å²) >= 11 is 0. The van der Waals surface area contributed by atoms with Crippen molar-refractivity contribution in [2.24, 2.45) is 11.8 Å². The number of nitrogens with zero attached hydrogens (tertiary/aromatic N) is 2. The van der Waals surface area contributed by atoms with Crippen LogP contribution in [0.3, 0.4) is 0 Å². The quantitative estimate of drug-likeness (QED) is 0.826. The van der Waals surface area contributed by atoms with E-state index in [2.05, 4.69) is 9.80 Å². The largest absolute Gasteiger partial charge is 0.389 e. The third kappa shape index (κ3) is 2.73. The summed E-state index contributed by atoms with van der Waals surface area (Å²) in [5, 5.41) is 9.88. The van der Waals surface area contributed by atoms with E-state index in [1.807, 2.05) is 13.8 Å². The van der Waals surface area contributed by atoms with Gasteiger partial charge in [-0.1, -0.05) is 6.42 Å². The molecule has 0 aromatic heterocycles. The lowest BCUT2D eigenvalue weighted by atomic mass is 9.93. The van der Waals surface area contributed by atoms with E-state index in [1.165, 1.54) is 38.8 Å². The van der Waals surface area contributed by atoms with E-state index < -0.39 is 5.60 Å². The number of aliphatic hydroxyl groups is 1. The highest BCUT2D eigenvalue weighted by molar-refractivity contribution is 4.96. The van der Waals surface area contributed by atoms with Crippen molar-refractivity contribution in [2.75, 3.05) is 32.7 Å². The van der Waals surface area contributed by atoms with Gasteiger partial charge in [-0.15, -0.1) is 0 Å². The fourth-order valence-corrected chi connectivity index (χ4v) is 4.46. The van der Waals surface area contributed by atoms with Gasteiger partial charge in [0.1, 0.15) is 0 Å². The van der Waals surface area contributed by atoms with Gasteiger partial charge in [-0.3, -0.25) is 9.80 Å². The minimum Gasteiger partial charge on any atom is -0.389 e. The van der Waals surface area contributed by atoms with E-state index in [4.69, 9.17) is 0 Å². The lowest BCUT2D eigenvalue weighted by Crippen LogP contribution is -2.54. The van der Waals surface area contributed by atoms with Crippen LogP contribution in [0.2, 0.25) is 0 Å². The predicted molar refractivity (Wildman–Crippen MR) is 73.5 cm³/mol. The zero-order valence-corrected chi connectivity index (χ0v) is 11.9. The van der Waals surface area contributed by atoms with E-state index >= 15 is 0 Å². The number of rotatable bonds is 3. The van der Waals surface area contributed by atoms with Crippen molar-refractivity contribution in [3.8, 4) is 0 Å². The molecule has 2 bridgehead atoms. The highest BCUT2D eigenvalue weighted by Crippen LogP contribution is 2.46. The van der Waals surface area contributed by atoms with Crippen LogP contribution in [0.1, 0.15) is 39.5 Å². The second kappa shape index (κ2) is 4.77. The predicted octanol–water partition coefficient (Wildman–Crippen LogP) is 1.56. The summed E-state index contributed by atoms with van der Waals surface area (Å²) in [4.78, 5) is 5.16. The average molecular weight is 252 g/mol. The van der Waals surface area contributed by atoms with Crippen molar-refractivity contribution in [3.63, 3.8) is 0 Å². The lowest BCUT2D eigenvalue weighted by molar-refractivity contribution is 0.00564. The van der Waals surface area contributed by atoms with E-state index in [0.29, 0.717) is 0 Å². The summed E-state index contributed by atoms with van der Waals surface area (Å²) in [5.41, 5.74) is -0.547. The molecule has 1 N–H and O–H groups in total. The molecule has 3 nitrogen and oxygen atoms in total. The van der Waals surface area contributed by atoms with Crippen LogP contribution in [0.25, 0.3) is 0 Å². The van der Waals surface area contributed by atoms with Crippen LogP contribution in [-0.4, -0.2) is 59.3 Å². The third-order valence-corrected chi connectivity index (χ3v) is 5.19. The summed E-state index contributed by atoms with van der Waals surface area (Å²) in [7, 11) is 0. The van der Waals surface area contributed by atoms with Gasteiger partial charge in [-0.05, 0) is 44.9 Å². The Hall–Kier alpha value is -0.120. The highest BCUT2D eigenvalue weighted by Gasteiger charge is 2.42. The maximum atomic E-state index is 9.88. The SMILES string of the molecule is CC(C)(O)CN1CCN(C2CC3CCC2C3)CC1. The molecule has 3 aliphatic rings. The van der Waals surface area contributed by atoms with Gasteiger partial charge < -0.3 is 5.11 Å². The zero-order chi connectivity index (χ0) is 12.8. The Labute approximate surface area is 111 Å². The van der Waals surface area contributed by atoms with E-state index in [0.717, 1.165) is 37.5 Å². The summed E-state index contributed by atoms with van der Waals surface area (Å²) in [6, 6.07) is 0.896. The molecule has 0 aromatic rings. The van der Waals surface area contributed by atoms with Crippen molar-refractivity contribution in [1.29, 1.82) is 0 Å². The van der Waals surface area contributed by atoms with Crippen molar-refractivity contribution in [3.05, 3.63) is 0 Å². The van der Waals surface area contributed by atoms with E-state index in [-0.39, 0.29) is 0 Å². The summed E-state index contributed by atoms with van der Waals surface area (Å²) in [6.07, 6.45) is 5.96. The average Bonchev–Trinajstić information content (AvgIpc) is 2.89. The van der Waals surface area contributed by atoms with Crippen molar-refractivity contribution in [1.82, 2.24) is 9.80 Å². The number of β-amino-alcohol motifs (C(OH)–C–C–N with tert-alkyl or cyclic N) is 1. The van der Waals surface area contributed by atoms with Gasteiger partial charge in [0, 0.05) is 38.8 Å². The topological polar surface area (TPSA) is 26.7 Å². The molecular weight excluding hydrogens is 224 g/mol. The van der Waals surface area contributed by atoms with E-state index in [9.17, 15) is 5.11 Å². The molecule has 1 aliphatic heterocycles. The first-order valence-corrected chi connectivity index (χ1v) is 7.70. The molecule has 3 atom stereocenters. The molecule has 2 saturated carbocycles. The molecule has 0 spiro atoms. The Kier molecular flexibility index (Phi) is 3.41. The molecular formula is C15H28N2O. The molecule has 3 rings (SSSR count). The Morgan fingerprint density at radius 1 is 1.06 bits per heavy atom. The normalized spacial score (nSPS) is 38.5. The van der Waals surface area contributed by atoms with Crippen LogP contribution in [0.5, 0.6) is 0 Å². The monoisotopic (exact) mass is 252 g/mol. The first-order chi connectivity index (χ1) is 8.51. The van der Waals surface area contributed by atoms with Crippen LogP contribution >= 0.6 is 0 Å². The van der Waals surface area contributed by atoms with Gasteiger partial charge in [0.15, 0.2) is 0 Å². The summed E-state index contributed by atoms with van der Waals surface area (Å²) in [5.74, 6) is 2.06. The van der Waals surface area contributed by atoms with Crippen molar-refractivity contribution < 1.29 is 5.11 Å². The Morgan fingerprint density at radius 2 is 1.78 bits per heavy atom. The van der Waals surface area contributed by atoms with Gasteiger partial charge in [0.25, 0.3) is 0 Å². The standard InChI is InChI=1S/C15H28N2O/c1-15(2,18)11-16-5-7-17(8-6-16)14-10-12-3-4-13(14)9-12/h12-14,18H,3-11H2,1-2H3. The minimum atomic E-state index is -0.547. The minimum absolute atomic E-state index is 0.547. The second-order valence-electron chi connectivity index (χ2n) is 7.37. The fourth-order valence-electron chi connectivity index (χ4n) is 4.46. The van der Waals surface area contributed by atoms with Crippen LogP contribution in [-0.2, 0) is 0 Å². The van der Waals surface area contributed by atoms with Gasteiger partial charge in [-0.2, -0.15) is 0 Å². The molecule has 0 aromatic carbocycles. The molecule has 3 fully saturated rings. The smallest absolute Gasteiger partial charge is 0.0718 e. The van der Waals surface area contributed by atoms with Gasteiger partial charge in [0.05, 0.1) is 5.60 Å². The number of fused-ring (bicyclic) bond motifs is 2. The molecule has 18 heavy (non-hydrogen) atoms. The van der Waals surface area contributed by atoms with Crippen LogP contribution in [0, 0.1) is 11.8 Å². The highest BCUT2D eigenvalue weighted by atomic mass is 16.3. The molecule has 0 amide bonds. The Morgan fingerprint density at radius 3 is 2.28 bits per heavy atom. The van der Waals surface area contributed by atoms with Crippen molar-refractivity contribution >= 4 is 0 Å². The Bertz CT molecular complexity index is 291. The fraction of sp³-hybridized carbons (Fsp3) is 1.00. The van der Waals surface area contributed by atoms with Crippen molar-refractivity contribution in [2.45, 2.75) is 51.2 Å². The van der Waals surface area contributed by atoms with Gasteiger partial charge >= 0.3 is 0 Å². The summed E-state index contributed by atoms with van der Waals surface area (Å²) in [6.45, 7) is 9.34. The van der Waals surface area contributed by atoms with E-state index in [1.54, 1.807) is 0 Å². The first-order valence-electron chi connectivity index (χ1n) is 7.70. The Balaban J connectivity index is 1.48. The van der Waals surface area contributed by atoms with Crippen LogP contribution < -0.4 is 0 Å². The van der Waals surface area contributed by atoms with Crippen LogP contribution in [0.15, 0.2) is 0 Å². The van der Waals surface area contributed by atoms with Crippen LogP contribution in [0.4, 0.5) is 0 Å². The summed E-state index contributed by atoms with van der Waals surface area (Å²) < 4.78 is 0. The second-order valence-corrected chi connectivity index (χ2v) is 7.37. The molecule has 1 saturated heterocycles. The first kappa shape index (κ1) is 12.9. The molecule has 0 radical (unpaired) electrons. The zero-order valence-electron chi connectivity index (χ0n) is 11.9. The number of hydrogen-bond acceptors (Lipinski definition) is 3. The molecule has 1 heterocycles. The van der Waals surface area contributed by atoms with Gasteiger partial charge in [-0.25, -0.2) is 0 Å². The molecule has 104 valence electrons. The molecule has 3 unspecified atom stereocenters. The van der Waals surface area contributed by atoms with Gasteiger partial charge in [0.2, 0.25) is 0 Å². The maximum absolute atomic E-state index is 9.88. The lowest BCUT2D eigenvalue weighted by Gasteiger charge is -2.42. The molecule has 2 aliphatic carbocycles. The number of hydrogen-bond donors (Lipinski definition) is 1.